The monoisotopic (exact) mass is 398 g/mol. The summed E-state index contributed by atoms with van der Waals surface area (Å²) in [5.41, 5.74) is 0.660. The summed E-state index contributed by atoms with van der Waals surface area (Å²) in [7, 11) is 0. The van der Waals surface area contributed by atoms with Crippen LogP contribution in [0.4, 0.5) is 0 Å². The smallest absolute Gasteiger partial charge is 0.258 e. The van der Waals surface area contributed by atoms with Crippen molar-refractivity contribution in [1.82, 2.24) is 9.97 Å². The summed E-state index contributed by atoms with van der Waals surface area (Å²) in [6.45, 7) is 0. The van der Waals surface area contributed by atoms with Gasteiger partial charge in [-0.05, 0) is 57.3 Å². The third-order valence-electron chi connectivity index (χ3n) is 1.68. The second-order valence-corrected chi connectivity index (χ2v) is 4.84. The number of rotatable bonds is 0. The highest BCUT2D eigenvalue weighted by molar-refractivity contribution is 14.1. The van der Waals surface area contributed by atoms with Crippen LogP contribution in [0.5, 0.6) is 0 Å². The molecule has 0 amide bonds. The highest BCUT2D eigenvalue weighted by Crippen LogP contribution is 2.18. The van der Waals surface area contributed by atoms with Crippen LogP contribution in [0.3, 0.4) is 0 Å². The highest BCUT2D eigenvalue weighted by atomic mass is 127. The highest BCUT2D eigenvalue weighted by Gasteiger charge is 2.03. The molecule has 3 nitrogen and oxygen atoms in total. The molecule has 0 bridgehead atoms. The lowest BCUT2D eigenvalue weighted by Gasteiger charge is -1.98. The van der Waals surface area contributed by atoms with Crippen LogP contribution in [0.15, 0.2) is 23.3 Å². The average molecular weight is 398 g/mol. The van der Waals surface area contributed by atoms with Crippen molar-refractivity contribution < 1.29 is 0 Å². The number of fused-ring (bicyclic) bond motifs is 1. The SMILES string of the molecule is O=c1[nH]cnc2cc(I)c(I)cc12. The van der Waals surface area contributed by atoms with Crippen molar-refractivity contribution in [2.75, 3.05) is 0 Å². The van der Waals surface area contributed by atoms with Crippen molar-refractivity contribution in [2.24, 2.45) is 0 Å². The van der Waals surface area contributed by atoms with Crippen LogP contribution in [-0.4, -0.2) is 9.97 Å². The Balaban J connectivity index is 2.97. The summed E-state index contributed by atoms with van der Waals surface area (Å²) in [4.78, 5) is 18.0. The Morgan fingerprint density at radius 3 is 2.69 bits per heavy atom. The summed E-state index contributed by atoms with van der Waals surface area (Å²) in [6, 6.07) is 3.76. The molecular weight excluding hydrogens is 394 g/mol. The summed E-state index contributed by atoms with van der Waals surface area (Å²) in [5, 5.41) is 0.646. The van der Waals surface area contributed by atoms with Gasteiger partial charge in [-0.25, -0.2) is 4.98 Å². The molecule has 0 unspecified atom stereocenters. The minimum atomic E-state index is -0.0840. The summed E-state index contributed by atoms with van der Waals surface area (Å²) < 4.78 is 2.19. The molecule has 1 heterocycles. The number of hydrogen-bond acceptors (Lipinski definition) is 2. The predicted octanol–water partition coefficient (Wildman–Crippen LogP) is 2.13. The van der Waals surface area contributed by atoms with Gasteiger partial charge < -0.3 is 4.98 Å². The van der Waals surface area contributed by atoms with Gasteiger partial charge in [0, 0.05) is 7.14 Å². The molecule has 0 fully saturated rings. The van der Waals surface area contributed by atoms with E-state index in [9.17, 15) is 4.79 Å². The Morgan fingerprint density at radius 2 is 1.92 bits per heavy atom. The Labute approximate surface area is 101 Å². The Hall–Kier alpha value is -0.180. The zero-order valence-electron chi connectivity index (χ0n) is 6.34. The molecule has 1 aromatic carbocycles. The third kappa shape index (κ3) is 1.71. The quantitative estimate of drug-likeness (QED) is 0.692. The number of aromatic amines is 1. The van der Waals surface area contributed by atoms with Crippen LogP contribution in [0.25, 0.3) is 10.9 Å². The molecule has 0 radical (unpaired) electrons. The molecule has 66 valence electrons. The fourth-order valence-corrected chi connectivity index (χ4v) is 1.98. The lowest BCUT2D eigenvalue weighted by atomic mass is 10.2. The zero-order chi connectivity index (χ0) is 9.42. The topological polar surface area (TPSA) is 45.8 Å². The third-order valence-corrected chi connectivity index (χ3v) is 4.50. The van der Waals surface area contributed by atoms with E-state index in [-0.39, 0.29) is 5.56 Å². The Kier molecular flexibility index (Phi) is 2.54. The molecule has 0 aliphatic rings. The molecule has 13 heavy (non-hydrogen) atoms. The van der Waals surface area contributed by atoms with E-state index in [4.69, 9.17) is 0 Å². The molecule has 5 heteroatoms. The molecule has 1 aromatic heterocycles. The van der Waals surface area contributed by atoms with Gasteiger partial charge in [-0.1, -0.05) is 0 Å². The lowest BCUT2D eigenvalue weighted by molar-refractivity contribution is 1.17. The Morgan fingerprint density at radius 1 is 1.23 bits per heavy atom. The molecule has 2 aromatic rings. The molecule has 2 rings (SSSR count). The zero-order valence-corrected chi connectivity index (χ0v) is 10.7. The molecular formula is C8H4I2N2O. The largest absolute Gasteiger partial charge is 0.313 e. The number of hydrogen-bond donors (Lipinski definition) is 1. The molecule has 0 aliphatic carbocycles. The number of halogens is 2. The van der Waals surface area contributed by atoms with E-state index in [1.54, 1.807) is 0 Å². The Bertz CT molecular complexity index is 521. The first-order valence-electron chi connectivity index (χ1n) is 3.51. The molecule has 0 atom stereocenters. The molecule has 0 aliphatic heterocycles. The van der Waals surface area contributed by atoms with E-state index in [0.717, 1.165) is 12.7 Å². The van der Waals surface area contributed by atoms with Crippen LogP contribution in [0, 0.1) is 7.14 Å². The maximum absolute atomic E-state index is 11.3. The van der Waals surface area contributed by atoms with Crippen molar-refractivity contribution in [2.45, 2.75) is 0 Å². The van der Waals surface area contributed by atoms with E-state index in [2.05, 4.69) is 55.1 Å². The summed E-state index contributed by atoms with van der Waals surface area (Å²) in [5.74, 6) is 0. The van der Waals surface area contributed by atoms with E-state index >= 15 is 0 Å². The minimum absolute atomic E-state index is 0.0840. The van der Waals surface area contributed by atoms with Gasteiger partial charge in [-0.3, -0.25) is 4.79 Å². The number of nitrogens with one attached hydrogen (secondary N) is 1. The first-order valence-corrected chi connectivity index (χ1v) is 5.66. The first-order chi connectivity index (χ1) is 6.18. The number of aromatic nitrogens is 2. The first kappa shape index (κ1) is 9.38. The normalized spacial score (nSPS) is 10.6. The van der Waals surface area contributed by atoms with Crippen molar-refractivity contribution in [3.8, 4) is 0 Å². The van der Waals surface area contributed by atoms with Crippen LogP contribution in [0.1, 0.15) is 0 Å². The second kappa shape index (κ2) is 3.52. The van der Waals surface area contributed by atoms with Crippen molar-refractivity contribution in [3.63, 3.8) is 0 Å². The lowest BCUT2D eigenvalue weighted by Crippen LogP contribution is -2.06. The average Bonchev–Trinajstić information content (AvgIpc) is 2.09. The number of nitrogens with zero attached hydrogens (tertiary/aromatic N) is 1. The summed E-state index contributed by atoms with van der Waals surface area (Å²) >= 11 is 4.43. The van der Waals surface area contributed by atoms with E-state index in [0.29, 0.717) is 5.39 Å². The second-order valence-electron chi connectivity index (χ2n) is 2.52. The molecule has 1 N–H and O–H groups in total. The van der Waals surface area contributed by atoms with Gasteiger partial charge in [0.05, 0.1) is 17.2 Å². The van der Waals surface area contributed by atoms with E-state index in [1.165, 1.54) is 6.33 Å². The van der Waals surface area contributed by atoms with Crippen molar-refractivity contribution >= 4 is 56.1 Å². The van der Waals surface area contributed by atoms with Crippen LogP contribution < -0.4 is 5.56 Å². The van der Waals surface area contributed by atoms with Crippen LogP contribution in [-0.2, 0) is 0 Å². The maximum atomic E-state index is 11.3. The molecule has 0 saturated heterocycles. The van der Waals surface area contributed by atoms with Crippen molar-refractivity contribution in [3.05, 3.63) is 36.0 Å². The van der Waals surface area contributed by atoms with Crippen molar-refractivity contribution in [1.29, 1.82) is 0 Å². The number of H-pyrrole nitrogens is 1. The summed E-state index contributed by atoms with van der Waals surface area (Å²) in [6.07, 6.45) is 1.42. The van der Waals surface area contributed by atoms with Gasteiger partial charge in [-0.2, -0.15) is 0 Å². The van der Waals surface area contributed by atoms with E-state index < -0.39 is 0 Å². The van der Waals surface area contributed by atoms with Gasteiger partial charge in [0.2, 0.25) is 0 Å². The fraction of sp³-hybridized carbons (Fsp3) is 0. The fourth-order valence-electron chi connectivity index (χ4n) is 1.06. The number of benzene rings is 1. The van der Waals surface area contributed by atoms with Gasteiger partial charge >= 0.3 is 0 Å². The van der Waals surface area contributed by atoms with Gasteiger partial charge in [-0.15, -0.1) is 0 Å². The molecule has 0 spiro atoms. The van der Waals surface area contributed by atoms with E-state index in [1.807, 2.05) is 12.1 Å². The predicted molar refractivity (Wildman–Crippen MR) is 67.8 cm³/mol. The standard InChI is InChI=1S/C8H4I2N2O/c9-5-1-4-7(2-6(5)10)11-3-12-8(4)13/h1-3H,(H,11,12,13). The van der Waals surface area contributed by atoms with Crippen LogP contribution >= 0.6 is 45.2 Å². The van der Waals surface area contributed by atoms with Gasteiger partial charge in [0.1, 0.15) is 0 Å². The van der Waals surface area contributed by atoms with Crippen LogP contribution in [0.2, 0.25) is 0 Å². The van der Waals surface area contributed by atoms with Gasteiger partial charge in [0.15, 0.2) is 0 Å². The van der Waals surface area contributed by atoms with Gasteiger partial charge in [0.25, 0.3) is 5.56 Å². The molecule has 0 saturated carbocycles. The minimum Gasteiger partial charge on any atom is -0.313 e. The maximum Gasteiger partial charge on any atom is 0.258 e.